The molecule has 10 heteroatoms. The number of carbonyl (C=O) groups excluding carboxylic acids is 1. The highest BCUT2D eigenvalue weighted by atomic mass is 35.5. The molecule has 6 nitrogen and oxygen atoms in total. The summed E-state index contributed by atoms with van der Waals surface area (Å²) in [5.74, 6) is -1.77. The van der Waals surface area contributed by atoms with E-state index in [9.17, 15) is 27.9 Å². The molecule has 4 rings (SSSR count). The molecule has 1 aromatic carbocycles. The zero-order valence-corrected chi connectivity index (χ0v) is 21.9. The summed E-state index contributed by atoms with van der Waals surface area (Å²) < 4.78 is 40.8. The van der Waals surface area contributed by atoms with Gasteiger partial charge in [-0.05, 0) is 55.7 Å². The number of nitrogens with zero attached hydrogens (tertiary/aromatic N) is 2. The lowest BCUT2D eigenvalue weighted by Crippen LogP contribution is -2.53. The molecule has 1 aromatic rings. The van der Waals surface area contributed by atoms with Gasteiger partial charge in [0.1, 0.15) is 0 Å². The monoisotopic (exact) mass is 541 g/mol. The number of halogens is 4. The van der Waals surface area contributed by atoms with Crippen molar-refractivity contribution in [2.75, 3.05) is 32.7 Å². The molecule has 0 spiro atoms. The highest BCUT2D eigenvalue weighted by molar-refractivity contribution is 6.31. The molecule has 0 saturated carbocycles. The molecule has 204 valence electrons. The van der Waals surface area contributed by atoms with E-state index in [2.05, 4.69) is 16.3 Å². The molecule has 0 radical (unpaired) electrons. The summed E-state index contributed by atoms with van der Waals surface area (Å²) in [5, 5.41) is 12.8. The van der Waals surface area contributed by atoms with E-state index < -0.39 is 23.1 Å². The van der Waals surface area contributed by atoms with E-state index in [-0.39, 0.29) is 48.0 Å². The van der Waals surface area contributed by atoms with Gasteiger partial charge in [0.25, 0.3) is 0 Å². The number of hydrogen-bond donors (Lipinski definition) is 2. The lowest BCUT2D eigenvalue weighted by atomic mass is 9.75. The fraction of sp³-hybridized carbons (Fsp3) is 0.630. The summed E-state index contributed by atoms with van der Waals surface area (Å²) >= 11 is 6.15. The number of rotatable bonds is 8. The number of hydrogen-bond acceptors (Lipinski definition) is 4. The lowest BCUT2D eigenvalue weighted by molar-refractivity contribution is -0.147. The Morgan fingerprint density at radius 1 is 1.19 bits per heavy atom. The maximum atomic E-state index is 13.6. The first-order valence-electron chi connectivity index (χ1n) is 13.0. The zero-order valence-electron chi connectivity index (χ0n) is 21.1. The summed E-state index contributed by atoms with van der Waals surface area (Å²) in [6, 6.07) is 3.62. The van der Waals surface area contributed by atoms with Crippen LogP contribution in [0.1, 0.15) is 56.6 Å². The number of likely N-dealkylation sites (tertiary alicyclic amines) is 2. The Morgan fingerprint density at radius 3 is 2.54 bits per heavy atom. The minimum absolute atomic E-state index is 0.00258. The third-order valence-electron chi connectivity index (χ3n) is 8.19. The molecule has 0 bridgehead atoms. The van der Waals surface area contributed by atoms with Crippen LogP contribution in [-0.4, -0.2) is 65.5 Å². The van der Waals surface area contributed by atoms with E-state index in [0.717, 1.165) is 51.4 Å². The van der Waals surface area contributed by atoms with Gasteiger partial charge in [-0.2, -0.15) is 13.2 Å². The van der Waals surface area contributed by atoms with Gasteiger partial charge >= 0.3 is 12.1 Å². The van der Waals surface area contributed by atoms with E-state index in [1.54, 1.807) is 11.8 Å². The smallest absolute Gasteiger partial charge is 0.416 e. The van der Waals surface area contributed by atoms with Crippen molar-refractivity contribution in [3.05, 3.63) is 46.0 Å². The number of piperidine rings is 1. The van der Waals surface area contributed by atoms with Crippen LogP contribution < -0.4 is 5.32 Å². The maximum Gasteiger partial charge on any atom is 0.416 e. The standard InChI is InChI=1S/C27H35ClF3N3O3/c1-18-14-34(16-21-22(27(29,30)31)7-4-8-23(21)28)17-26(18,13-24(35)36)25(37)32-20-9-11-33(12-10-20)15-19-5-2-3-6-19/h4-5,7-8,18,20H,2-3,6,9-17H2,1H3,(H,32,37)(H,35,36). The van der Waals surface area contributed by atoms with Gasteiger partial charge in [-0.1, -0.05) is 36.2 Å². The van der Waals surface area contributed by atoms with Crippen LogP contribution in [0.4, 0.5) is 13.2 Å². The number of alkyl halides is 3. The van der Waals surface area contributed by atoms with E-state index in [1.165, 1.54) is 24.1 Å². The minimum atomic E-state index is -4.57. The average molecular weight is 542 g/mol. The SMILES string of the molecule is CC1CN(Cc2c(Cl)cccc2C(F)(F)F)CC1(CC(=O)O)C(=O)NC1CCN(CC2=CCCC2)CC1. The van der Waals surface area contributed by atoms with Crippen molar-refractivity contribution < 1.29 is 27.9 Å². The summed E-state index contributed by atoms with van der Waals surface area (Å²) in [6.45, 7) is 4.75. The van der Waals surface area contributed by atoms with Crippen LogP contribution in [0.3, 0.4) is 0 Å². The maximum absolute atomic E-state index is 13.6. The van der Waals surface area contributed by atoms with Gasteiger partial charge in [0.15, 0.2) is 0 Å². The molecule has 2 heterocycles. The van der Waals surface area contributed by atoms with E-state index in [1.807, 2.05) is 0 Å². The second-order valence-corrected chi connectivity index (χ2v) is 11.2. The van der Waals surface area contributed by atoms with Gasteiger partial charge in [0, 0.05) is 50.3 Å². The third kappa shape index (κ3) is 6.49. The number of allylic oxidation sites excluding steroid dienone is 1. The van der Waals surface area contributed by atoms with Crippen molar-refractivity contribution in [1.29, 1.82) is 0 Å². The number of carbonyl (C=O) groups is 2. The fourth-order valence-electron chi connectivity index (χ4n) is 6.12. The Morgan fingerprint density at radius 2 is 1.92 bits per heavy atom. The molecule has 2 atom stereocenters. The molecule has 2 N–H and O–H groups in total. The zero-order chi connectivity index (χ0) is 26.8. The molecule has 2 saturated heterocycles. The first kappa shape index (κ1) is 27.9. The second-order valence-electron chi connectivity index (χ2n) is 10.8. The van der Waals surface area contributed by atoms with Crippen LogP contribution in [0.15, 0.2) is 29.8 Å². The van der Waals surface area contributed by atoms with Gasteiger partial charge < -0.3 is 10.4 Å². The van der Waals surface area contributed by atoms with Crippen molar-refractivity contribution in [3.8, 4) is 0 Å². The Balaban J connectivity index is 1.43. The first-order chi connectivity index (χ1) is 17.5. The first-order valence-corrected chi connectivity index (χ1v) is 13.4. The molecule has 2 unspecified atom stereocenters. The average Bonchev–Trinajstić information content (AvgIpc) is 3.43. The molecule has 1 amide bonds. The minimum Gasteiger partial charge on any atom is -0.481 e. The van der Waals surface area contributed by atoms with Crippen LogP contribution in [0.5, 0.6) is 0 Å². The molecule has 37 heavy (non-hydrogen) atoms. The quantitative estimate of drug-likeness (QED) is 0.455. The van der Waals surface area contributed by atoms with E-state index in [4.69, 9.17) is 11.6 Å². The number of nitrogens with one attached hydrogen (secondary N) is 1. The van der Waals surface area contributed by atoms with Crippen LogP contribution in [0.25, 0.3) is 0 Å². The topological polar surface area (TPSA) is 72.9 Å². The normalized spacial score (nSPS) is 25.9. The van der Waals surface area contributed by atoms with E-state index in [0.29, 0.717) is 6.54 Å². The molecular formula is C27H35ClF3N3O3. The molecule has 2 fully saturated rings. The predicted octanol–water partition coefficient (Wildman–Crippen LogP) is 4.96. The van der Waals surface area contributed by atoms with Crippen molar-refractivity contribution in [2.24, 2.45) is 11.3 Å². The Bertz CT molecular complexity index is 1040. The highest BCUT2D eigenvalue weighted by Gasteiger charge is 2.52. The van der Waals surface area contributed by atoms with Gasteiger partial charge in [-0.15, -0.1) is 0 Å². The number of aliphatic carboxylic acids is 1. The third-order valence-corrected chi connectivity index (χ3v) is 8.54. The molecule has 1 aliphatic carbocycles. The Labute approximate surface area is 220 Å². The van der Waals surface area contributed by atoms with Crippen molar-refractivity contribution in [3.63, 3.8) is 0 Å². The van der Waals surface area contributed by atoms with Crippen LogP contribution in [-0.2, 0) is 22.3 Å². The summed E-state index contributed by atoms with van der Waals surface area (Å²) in [6.07, 6.45) is 2.47. The Hall–Kier alpha value is -2.10. The largest absolute Gasteiger partial charge is 0.481 e. The number of carboxylic acids is 1. The molecule has 3 aliphatic rings. The van der Waals surface area contributed by atoms with Crippen molar-refractivity contribution in [1.82, 2.24) is 15.1 Å². The molecule has 2 aliphatic heterocycles. The lowest BCUT2D eigenvalue weighted by Gasteiger charge is -2.36. The number of benzene rings is 1. The summed E-state index contributed by atoms with van der Waals surface area (Å²) in [4.78, 5) is 29.6. The summed E-state index contributed by atoms with van der Waals surface area (Å²) in [5.41, 5.74) is -0.611. The van der Waals surface area contributed by atoms with Crippen molar-refractivity contribution >= 4 is 23.5 Å². The van der Waals surface area contributed by atoms with Crippen LogP contribution in [0.2, 0.25) is 5.02 Å². The highest BCUT2D eigenvalue weighted by Crippen LogP contribution is 2.42. The fourth-order valence-corrected chi connectivity index (χ4v) is 6.35. The van der Waals surface area contributed by atoms with Gasteiger partial charge in [-0.25, -0.2) is 0 Å². The van der Waals surface area contributed by atoms with Crippen molar-refractivity contribution in [2.45, 2.75) is 64.2 Å². The summed E-state index contributed by atoms with van der Waals surface area (Å²) in [7, 11) is 0. The predicted molar refractivity (Wildman–Crippen MR) is 135 cm³/mol. The van der Waals surface area contributed by atoms with E-state index >= 15 is 0 Å². The van der Waals surface area contributed by atoms with Gasteiger partial charge in [-0.3, -0.25) is 19.4 Å². The van der Waals surface area contributed by atoms with Gasteiger partial charge in [0.2, 0.25) is 5.91 Å². The second kappa shape index (κ2) is 11.3. The number of carboxylic acid groups (broad SMARTS) is 1. The van der Waals surface area contributed by atoms with Crippen LogP contribution >= 0.6 is 11.6 Å². The van der Waals surface area contributed by atoms with Gasteiger partial charge in [0.05, 0.1) is 17.4 Å². The van der Waals surface area contributed by atoms with Crippen LogP contribution in [0, 0.1) is 11.3 Å². The Kier molecular flexibility index (Phi) is 8.55. The molecule has 0 aromatic heterocycles. The number of amides is 1. The molecular weight excluding hydrogens is 507 g/mol.